The zero-order valence-electron chi connectivity index (χ0n) is 14.5. The van der Waals surface area contributed by atoms with Gasteiger partial charge < -0.3 is 9.64 Å². The van der Waals surface area contributed by atoms with Crippen LogP contribution in [0.4, 0.5) is 0 Å². The van der Waals surface area contributed by atoms with Crippen molar-refractivity contribution < 1.29 is 4.74 Å². The van der Waals surface area contributed by atoms with Gasteiger partial charge in [-0.15, -0.1) is 0 Å². The van der Waals surface area contributed by atoms with Crippen LogP contribution in [0.25, 0.3) is 0 Å². The molecule has 1 aliphatic carbocycles. The number of rotatable bonds is 6. The molecule has 2 aliphatic rings. The molecule has 0 fully saturated rings. The highest BCUT2D eigenvalue weighted by Crippen LogP contribution is 2.31. The van der Waals surface area contributed by atoms with E-state index in [4.69, 9.17) is 4.74 Å². The Kier molecular flexibility index (Phi) is 5.86. The third-order valence-corrected chi connectivity index (χ3v) is 5.19. The second-order valence-corrected chi connectivity index (χ2v) is 7.33. The summed E-state index contributed by atoms with van der Waals surface area (Å²) in [6.07, 6.45) is 14.5. The Labute approximate surface area is 149 Å². The van der Waals surface area contributed by atoms with Gasteiger partial charge in [-0.3, -0.25) is 0 Å². The molecule has 0 atom stereocenters. The third kappa shape index (κ3) is 4.81. The van der Waals surface area contributed by atoms with Gasteiger partial charge in [-0.25, -0.2) is 0 Å². The molecule has 0 spiro atoms. The molecular formula is C21H25NOS. The molecule has 3 rings (SSSR count). The van der Waals surface area contributed by atoms with Crippen LogP contribution in [0.15, 0.2) is 64.7 Å². The monoisotopic (exact) mass is 339 g/mol. The summed E-state index contributed by atoms with van der Waals surface area (Å²) in [6.45, 7) is 5.80. The van der Waals surface area contributed by atoms with Gasteiger partial charge in [-0.05, 0) is 55.4 Å². The van der Waals surface area contributed by atoms with Gasteiger partial charge in [0, 0.05) is 23.7 Å². The first-order valence-electron chi connectivity index (χ1n) is 8.55. The van der Waals surface area contributed by atoms with E-state index in [1.165, 1.54) is 34.4 Å². The zero-order chi connectivity index (χ0) is 16.8. The number of thioether (sulfide) groups is 1. The maximum absolute atomic E-state index is 5.90. The van der Waals surface area contributed by atoms with Crippen molar-refractivity contribution >= 4 is 11.8 Å². The summed E-state index contributed by atoms with van der Waals surface area (Å²) in [7, 11) is 0. The van der Waals surface area contributed by atoms with Crippen molar-refractivity contribution in [3.63, 3.8) is 0 Å². The Morgan fingerprint density at radius 2 is 2.12 bits per heavy atom. The molecule has 3 heteroatoms. The summed E-state index contributed by atoms with van der Waals surface area (Å²) >= 11 is 1.83. The molecule has 0 unspecified atom stereocenters. The van der Waals surface area contributed by atoms with Crippen LogP contribution in [0.1, 0.15) is 30.4 Å². The van der Waals surface area contributed by atoms with Crippen molar-refractivity contribution in [1.82, 2.24) is 4.90 Å². The zero-order valence-corrected chi connectivity index (χ0v) is 15.3. The maximum Gasteiger partial charge on any atom is 0.119 e. The lowest BCUT2D eigenvalue weighted by atomic mass is 10.0. The van der Waals surface area contributed by atoms with E-state index in [2.05, 4.69) is 73.0 Å². The number of ether oxygens (including phenoxy) is 1. The average Bonchev–Trinajstić information content (AvgIpc) is 2.59. The molecule has 24 heavy (non-hydrogen) atoms. The van der Waals surface area contributed by atoms with Gasteiger partial charge in [0.15, 0.2) is 0 Å². The third-order valence-electron chi connectivity index (χ3n) is 4.38. The molecule has 1 heterocycles. The van der Waals surface area contributed by atoms with E-state index in [1.54, 1.807) is 0 Å². The maximum atomic E-state index is 5.90. The second-order valence-electron chi connectivity index (χ2n) is 6.30. The number of aryl methyl sites for hydroxylation is 2. The smallest absolute Gasteiger partial charge is 0.119 e. The Morgan fingerprint density at radius 3 is 2.92 bits per heavy atom. The van der Waals surface area contributed by atoms with E-state index in [9.17, 15) is 0 Å². The van der Waals surface area contributed by atoms with Crippen LogP contribution in [0.2, 0.25) is 0 Å². The Morgan fingerprint density at radius 1 is 1.21 bits per heavy atom. The molecule has 0 N–H and O–H groups in total. The minimum atomic E-state index is 0.687. The van der Waals surface area contributed by atoms with Crippen LogP contribution < -0.4 is 4.74 Å². The number of allylic oxidation sites excluding steroid dienone is 5. The predicted octanol–water partition coefficient (Wildman–Crippen LogP) is 5.71. The summed E-state index contributed by atoms with van der Waals surface area (Å²) in [5, 5.41) is 2.17. The number of hydrogen-bond acceptors (Lipinski definition) is 3. The fraction of sp³-hybridized carbons (Fsp3) is 0.333. The van der Waals surface area contributed by atoms with Crippen LogP contribution >= 0.6 is 11.8 Å². The summed E-state index contributed by atoms with van der Waals surface area (Å²) in [4.78, 5) is 3.64. The van der Waals surface area contributed by atoms with Crippen molar-refractivity contribution in [3.8, 4) is 5.75 Å². The second kappa shape index (κ2) is 8.29. The lowest BCUT2D eigenvalue weighted by Gasteiger charge is -2.22. The average molecular weight is 340 g/mol. The molecule has 1 aromatic rings. The summed E-state index contributed by atoms with van der Waals surface area (Å²) in [5.41, 5.74) is 4.11. The standard InChI is InChI=1S/C21H25NOS/c1-17-8-9-20(14-18(17)2)23-12-10-22-11-13-24-21(16-22)15-19-6-4-3-5-7-19/h3-4,6,8-9,11,13-14,16H,5,7,10,12,15H2,1-2H3. The predicted molar refractivity (Wildman–Crippen MR) is 104 cm³/mol. The molecule has 0 aromatic heterocycles. The van der Waals surface area contributed by atoms with Crippen LogP contribution in [-0.4, -0.2) is 18.1 Å². The normalized spacial score (nSPS) is 16.8. The lowest BCUT2D eigenvalue weighted by molar-refractivity contribution is 0.283. The fourth-order valence-electron chi connectivity index (χ4n) is 2.78. The molecule has 1 aromatic carbocycles. The minimum absolute atomic E-state index is 0.687. The van der Waals surface area contributed by atoms with Crippen LogP contribution in [0.5, 0.6) is 5.75 Å². The largest absolute Gasteiger partial charge is 0.492 e. The van der Waals surface area contributed by atoms with E-state index < -0.39 is 0 Å². The molecule has 0 bridgehead atoms. The number of benzene rings is 1. The molecule has 0 saturated heterocycles. The van der Waals surface area contributed by atoms with Gasteiger partial charge in [-0.1, -0.05) is 41.6 Å². The highest BCUT2D eigenvalue weighted by molar-refractivity contribution is 8.05. The van der Waals surface area contributed by atoms with E-state index in [-0.39, 0.29) is 0 Å². The van der Waals surface area contributed by atoms with Gasteiger partial charge in [-0.2, -0.15) is 0 Å². The van der Waals surface area contributed by atoms with Gasteiger partial charge >= 0.3 is 0 Å². The summed E-state index contributed by atoms with van der Waals surface area (Å²) in [5.74, 6) is 0.955. The number of nitrogens with zero attached hydrogens (tertiary/aromatic N) is 1. The van der Waals surface area contributed by atoms with Crippen LogP contribution in [0, 0.1) is 13.8 Å². The van der Waals surface area contributed by atoms with Crippen molar-refractivity contribution in [2.24, 2.45) is 0 Å². The van der Waals surface area contributed by atoms with Crippen molar-refractivity contribution in [3.05, 3.63) is 75.8 Å². The minimum Gasteiger partial charge on any atom is -0.492 e. The van der Waals surface area contributed by atoms with Crippen molar-refractivity contribution in [2.75, 3.05) is 13.2 Å². The topological polar surface area (TPSA) is 12.5 Å². The Hall–Kier alpha value is -1.87. The lowest BCUT2D eigenvalue weighted by Crippen LogP contribution is -2.19. The Balaban J connectivity index is 1.50. The SMILES string of the molecule is Cc1ccc(OCCN2C=CSC(CC3=CC=CCC3)=C2)cc1C. The molecule has 2 nitrogen and oxygen atoms in total. The molecule has 0 saturated carbocycles. The van der Waals surface area contributed by atoms with Gasteiger partial charge in [0.1, 0.15) is 12.4 Å². The van der Waals surface area contributed by atoms with Gasteiger partial charge in [0.05, 0.1) is 6.54 Å². The highest BCUT2D eigenvalue weighted by Gasteiger charge is 2.09. The first-order chi connectivity index (χ1) is 11.7. The van der Waals surface area contributed by atoms with E-state index in [0.717, 1.165) is 18.7 Å². The Bertz CT molecular complexity index is 700. The molecule has 0 amide bonds. The van der Waals surface area contributed by atoms with Gasteiger partial charge in [0.2, 0.25) is 0 Å². The molecule has 0 radical (unpaired) electrons. The number of hydrogen-bond donors (Lipinski definition) is 0. The van der Waals surface area contributed by atoms with E-state index >= 15 is 0 Å². The molecular weight excluding hydrogens is 314 g/mol. The quantitative estimate of drug-likeness (QED) is 0.658. The van der Waals surface area contributed by atoms with Crippen LogP contribution in [-0.2, 0) is 0 Å². The first kappa shape index (κ1) is 17.0. The van der Waals surface area contributed by atoms with Crippen LogP contribution in [0.3, 0.4) is 0 Å². The van der Waals surface area contributed by atoms with E-state index in [1.807, 2.05) is 11.8 Å². The summed E-state index contributed by atoms with van der Waals surface area (Å²) in [6, 6.07) is 6.28. The first-order valence-corrected chi connectivity index (χ1v) is 9.43. The van der Waals surface area contributed by atoms with Gasteiger partial charge in [0.25, 0.3) is 0 Å². The summed E-state index contributed by atoms with van der Waals surface area (Å²) < 4.78 is 5.90. The fourth-order valence-corrected chi connectivity index (χ4v) is 3.63. The van der Waals surface area contributed by atoms with Crippen molar-refractivity contribution in [1.29, 1.82) is 0 Å². The van der Waals surface area contributed by atoms with Crippen molar-refractivity contribution in [2.45, 2.75) is 33.1 Å². The molecule has 126 valence electrons. The highest BCUT2D eigenvalue weighted by atomic mass is 32.2. The molecule has 1 aliphatic heterocycles. The van der Waals surface area contributed by atoms with E-state index in [0.29, 0.717) is 6.61 Å².